The highest BCUT2D eigenvalue weighted by Gasteiger charge is 2.33. The largest absolute Gasteiger partial charge is 0.443 e. The number of likely N-dealkylation sites (tertiary alicyclic amines) is 1. The molecule has 1 aromatic rings. The molecule has 0 radical (unpaired) electrons. The lowest BCUT2D eigenvalue weighted by Gasteiger charge is -2.33. The summed E-state index contributed by atoms with van der Waals surface area (Å²) in [5.41, 5.74) is 2.84. The summed E-state index contributed by atoms with van der Waals surface area (Å²) in [6.07, 6.45) is 2.12. The molecule has 1 saturated heterocycles. The number of hydrogen-bond acceptors (Lipinski definition) is 3. The average Bonchev–Trinajstić information content (AvgIpc) is 2.83. The van der Waals surface area contributed by atoms with Crippen molar-refractivity contribution in [2.45, 2.75) is 51.6 Å². The van der Waals surface area contributed by atoms with Gasteiger partial charge in [0.25, 0.3) is 0 Å². The second-order valence-electron chi connectivity index (χ2n) is 7.76. The van der Waals surface area contributed by atoms with E-state index in [-0.39, 0.29) is 17.9 Å². The fourth-order valence-corrected chi connectivity index (χ4v) is 3.61. The molecule has 0 N–H and O–H groups in total. The number of fused-ring (bicyclic) bond motifs is 1. The number of anilines is 1. The van der Waals surface area contributed by atoms with Gasteiger partial charge in [-0.25, -0.2) is 4.79 Å². The van der Waals surface area contributed by atoms with E-state index in [1.807, 2.05) is 40.0 Å². The first-order chi connectivity index (χ1) is 11.3. The Morgan fingerprint density at radius 2 is 2.04 bits per heavy atom. The normalized spacial score (nSPS) is 21.0. The predicted molar refractivity (Wildman–Crippen MR) is 93.3 cm³/mol. The second kappa shape index (κ2) is 6.11. The molecule has 2 aliphatic rings. The maximum absolute atomic E-state index is 12.6. The first kappa shape index (κ1) is 16.8. The number of benzene rings is 1. The molecule has 5 nitrogen and oxygen atoms in total. The van der Waals surface area contributed by atoms with E-state index in [4.69, 9.17) is 4.74 Å². The topological polar surface area (TPSA) is 49.9 Å². The minimum atomic E-state index is -0.507. The molecule has 0 aromatic heterocycles. The lowest BCUT2D eigenvalue weighted by Crippen LogP contribution is -2.40. The zero-order valence-electron chi connectivity index (χ0n) is 15.0. The van der Waals surface area contributed by atoms with Gasteiger partial charge in [-0.05, 0) is 50.8 Å². The van der Waals surface area contributed by atoms with Crippen LogP contribution in [-0.2, 0) is 16.0 Å². The summed E-state index contributed by atoms with van der Waals surface area (Å²) in [5, 5.41) is 0. The summed E-state index contributed by atoms with van der Waals surface area (Å²) in [6, 6.07) is 6.08. The molecular weight excluding hydrogens is 304 g/mol. The summed E-state index contributed by atoms with van der Waals surface area (Å²) >= 11 is 0. The van der Waals surface area contributed by atoms with Gasteiger partial charge in [-0.15, -0.1) is 0 Å². The van der Waals surface area contributed by atoms with E-state index in [0.29, 0.717) is 13.0 Å². The molecule has 0 aliphatic carbocycles. The third-order valence-corrected chi connectivity index (χ3v) is 4.68. The van der Waals surface area contributed by atoms with Crippen molar-refractivity contribution in [3.63, 3.8) is 0 Å². The smallest absolute Gasteiger partial charge is 0.414 e. The van der Waals surface area contributed by atoms with Crippen LogP contribution in [0.25, 0.3) is 0 Å². The molecule has 1 aromatic carbocycles. The zero-order valence-corrected chi connectivity index (χ0v) is 15.0. The Labute approximate surface area is 143 Å². The molecule has 0 bridgehead atoms. The fraction of sp³-hybridized carbons (Fsp3) is 0.579. The van der Waals surface area contributed by atoms with Crippen LogP contribution >= 0.6 is 0 Å². The molecule has 2 amide bonds. The van der Waals surface area contributed by atoms with Crippen molar-refractivity contribution in [3.8, 4) is 0 Å². The highest BCUT2D eigenvalue weighted by Crippen LogP contribution is 2.37. The number of hydrogen-bond donors (Lipinski definition) is 0. The van der Waals surface area contributed by atoms with E-state index in [1.165, 1.54) is 11.1 Å². The molecular formula is C19H26N2O3. The molecule has 130 valence electrons. The van der Waals surface area contributed by atoms with Gasteiger partial charge >= 0.3 is 6.09 Å². The van der Waals surface area contributed by atoms with E-state index in [0.717, 1.165) is 25.1 Å². The first-order valence-electron chi connectivity index (χ1n) is 8.62. The van der Waals surface area contributed by atoms with Crippen molar-refractivity contribution in [1.82, 2.24) is 4.90 Å². The monoisotopic (exact) mass is 330 g/mol. The Morgan fingerprint density at radius 3 is 2.67 bits per heavy atom. The summed E-state index contributed by atoms with van der Waals surface area (Å²) < 4.78 is 5.56. The van der Waals surface area contributed by atoms with Crippen LogP contribution in [0.3, 0.4) is 0 Å². The van der Waals surface area contributed by atoms with Crippen LogP contribution in [-0.4, -0.2) is 42.6 Å². The molecule has 1 atom stereocenters. The van der Waals surface area contributed by atoms with Gasteiger partial charge < -0.3 is 9.64 Å². The fourth-order valence-electron chi connectivity index (χ4n) is 3.61. The third-order valence-electron chi connectivity index (χ3n) is 4.68. The molecule has 1 unspecified atom stereocenters. The molecule has 0 saturated carbocycles. The minimum Gasteiger partial charge on any atom is -0.443 e. The van der Waals surface area contributed by atoms with E-state index < -0.39 is 5.60 Å². The molecule has 24 heavy (non-hydrogen) atoms. The third kappa shape index (κ3) is 3.25. The maximum Gasteiger partial charge on any atom is 0.414 e. The number of amides is 2. The first-order valence-corrected chi connectivity index (χ1v) is 8.62. The lowest BCUT2D eigenvalue weighted by molar-refractivity contribution is -0.126. The summed E-state index contributed by atoms with van der Waals surface area (Å²) in [7, 11) is 1.85. The van der Waals surface area contributed by atoms with Gasteiger partial charge in [0, 0.05) is 32.5 Å². The zero-order chi connectivity index (χ0) is 17.5. The van der Waals surface area contributed by atoms with Gasteiger partial charge in [0.05, 0.1) is 5.69 Å². The quantitative estimate of drug-likeness (QED) is 0.794. The van der Waals surface area contributed by atoms with Crippen LogP contribution in [0, 0.1) is 0 Å². The van der Waals surface area contributed by atoms with Crippen LogP contribution in [0.2, 0.25) is 0 Å². The van der Waals surface area contributed by atoms with Crippen LogP contribution in [0.5, 0.6) is 0 Å². The molecule has 1 fully saturated rings. The standard InChI is InChI=1S/C19H26N2O3/c1-19(2,3)24-18(23)21-10-6-8-15-14(7-5-9-16(15)21)13-11-17(22)20(4)12-13/h5,7,9,13H,6,8,10-12H2,1-4H3. The van der Waals surface area contributed by atoms with Crippen molar-refractivity contribution in [2.24, 2.45) is 0 Å². The summed E-state index contributed by atoms with van der Waals surface area (Å²) in [6.45, 7) is 7.07. The van der Waals surface area contributed by atoms with Crippen molar-refractivity contribution in [3.05, 3.63) is 29.3 Å². The number of carbonyl (C=O) groups is 2. The molecule has 3 rings (SSSR count). The van der Waals surface area contributed by atoms with Gasteiger partial charge in [0.2, 0.25) is 5.91 Å². The average molecular weight is 330 g/mol. The van der Waals surface area contributed by atoms with Crippen LogP contribution in [0.1, 0.15) is 50.7 Å². The Hall–Kier alpha value is -2.04. The highest BCUT2D eigenvalue weighted by molar-refractivity contribution is 5.90. The van der Waals surface area contributed by atoms with Crippen molar-refractivity contribution < 1.29 is 14.3 Å². The number of nitrogens with zero attached hydrogens (tertiary/aromatic N) is 2. The van der Waals surface area contributed by atoms with Gasteiger partial charge in [-0.1, -0.05) is 12.1 Å². The predicted octanol–water partition coefficient (Wildman–Crippen LogP) is 3.32. The Bertz CT molecular complexity index is 663. The van der Waals surface area contributed by atoms with Gasteiger partial charge in [0.1, 0.15) is 5.60 Å². The van der Waals surface area contributed by atoms with E-state index in [9.17, 15) is 9.59 Å². The van der Waals surface area contributed by atoms with Crippen LogP contribution in [0.15, 0.2) is 18.2 Å². The van der Waals surface area contributed by atoms with E-state index in [1.54, 1.807) is 9.80 Å². The number of rotatable bonds is 1. The van der Waals surface area contributed by atoms with Crippen LogP contribution < -0.4 is 4.90 Å². The molecule has 2 aliphatic heterocycles. The summed E-state index contributed by atoms with van der Waals surface area (Å²) in [4.78, 5) is 28.0. The number of likely N-dealkylation sites (N-methyl/N-ethyl adjacent to an activating group) is 1. The van der Waals surface area contributed by atoms with Crippen molar-refractivity contribution in [2.75, 3.05) is 25.0 Å². The Balaban J connectivity index is 1.91. The number of carbonyl (C=O) groups excluding carboxylic acids is 2. The lowest BCUT2D eigenvalue weighted by atomic mass is 9.88. The maximum atomic E-state index is 12.6. The molecule has 2 heterocycles. The highest BCUT2D eigenvalue weighted by atomic mass is 16.6. The SMILES string of the molecule is CN1CC(c2cccc3c2CCCN3C(=O)OC(C)(C)C)CC1=O. The molecule has 0 spiro atoms. The van der Waals surface area contributed by atoms with Crippen molar-refractivity contribution in [1.29, 1.82) is 0 Å². The Morgan fingerprint density at radius 1 is 1.29 bits per heavy atom. The molecule has 5 heteroatoms. The van der Waals surface area contributed by atoms with E-state index >= 15 is 0 Å². The van der Waals surface area contributed by atoms with Crippen molar-refractivity contribution >= 4 is 17.7 Å². The van der Waals surface area contributed by atoms with Gasteiger partial charge in [0.15, 0.2) is 0 Å². The Kier molecular flexibility index (Phi) is 4.28. The van der Waals surface area contributed by atoms with E-state index in [2.05, 4.69) is 6.07 Å². The van der Waals surface area contributed by atoms with Crippen LogP contribution in [0.4, 0.5) is 10.5 Å². The second-order valence-corrected chi connectivity index (χ2v) is 7.76. The summed E-state index contributed by atoms with van der Waals surface area (Å²) in [5.74, 6) is 0.411. The van der Waals surface area contributed by atoms with Gasteiger partial charge in [-0.2, -0.15) is 0 Å². The number of ether oxygens (including phenoxy) is 1. The van der Waals surface area contributed by atoms with Gasteiger partial charge in [-0.3, -0.25) is 9.69 Å². The minimum absolute atomic E-state index is 0.192.